The molecule has 0 aliphatic carbocycles. The number of nitrogens with zero attached hydrogens (tertiary/aromatic N) is 4. The summed E-state index contributed by atoms with van der Waals surface area (Å²) in [4.78, 5) is 38.5. The van der Waals surface area contributed by atoms with E-state index in [1.807, 2.05) is 6.92 Å². The van der Waals surface area contributed by atoms with Crippen molar-refractivity contribution in [2.45, 2.75) is 25.2 Å². The minimum atomic E-state index is -0.686. The van der Waals surface area contributed by atoms with Crippen LogP contribution in [0.5, 0.6) is 0 Å². The number of nitro groups is 1. The zero-order valence-corrected chi connectivity index (χ0v) is 13.7. The molecule has 0 aliphatic rings. The van der Waals surface area contributed by atoms with E-state index in [4.69, 9.17) is 6.42 Å². The van der Waals surface area contributed by atoms with Crippen molar-refractivity contribution in [2.24, 2.45) is 0 Å². The topological polar surface area (TPSA) is 100 Å². The van der Waals surface area contributed by atoms with Gasteiger partial charge in [0.1, 0.15) is 0 Å². The van der Waals surface area contributed by atoms with Crippen LogP contribution < -0.4 is 11.4 Å². The number of terminal acetylenes is 1. The number of hydrogen-bond donors (Lipinski definition) is 0. The minimum absolute atomic E-state index is 0.0373. The lowest BCUT2D eigenvalue weighted by atomic mass is 10.2. The van der Waals surface area contributed by atoms with E-state index in [2.05, 4.69) is 10.9 Å². The maximum atomic E-state index is 12.5. The van der Waals surface area contributed by atoms with Crippen LogP contribution in [0.4, 0.5) is 5.69 Å². The van der Waals surface area contributed by atoms with Crippen molar-refractivity contribution in [3.8, 4) is 12.3 Å². The van der Waals surface area contributed by atoms with Gasteiger partial charge in [0.25, 0.3) is 5.69 Å². The Morgan fingerprint density at radius 1 is 1.29 bits per heavy atom. The molecule has 0 amide bonds. The highest BCUT2D eigenvalue weighted by atomic mass is 32.2. The Kier molecular flexibility index (Phi) is 5.55. The van der Waals surface area contributed by atoms with Crippen molar-refractivity contribution in [3.63, 3.8) is 0 Å². The predicted molar refractivity (Wildman–Crippen MR) is 90.2 cm³/mol. The molecule has 0 radical (unpaired) electrons. The summed E-state index contributed by atoms with van der Waals surface area (Å²) in [6.07, 6.45) is 5.19. The molecule has 0 saturated heterocycles. The summed E-state index contributed by atoms with van der Waals surface area (Å²) in [5.74, 6) is 2.89. The molecule has 9 heteroatoms. The predicted octanol–water partition coefficient (Wildman–Crippen LogP) is 1.11. The zero-order chi connectivity index (χ0) is 17.7. The zero-order valence-electron chi connectivity index (χ0n) is 12.8. The van der Waals surface area contributed by atoms with Gasteiger partial charge in [-0.2, -0.15) is 4.98 Å². The number of benzene rings is 1. The summed E-state index contributed by atoms with van der Waals surface area (Å²) in [6, 6.07) is 5.83. The summed E-state index contributed by atoms with van der Waals surface area (Å²) in [5.41, 5.74) is -0.603. The molecule has 24 heavy (non-hydrogen) atoms. The molecule has 1 heterocycles. The molecule has 0 bridgehead atoms. The average Bonchev–Trinajstić information content (AvgIpc) is 2.55. The van der Waals surface area contributed by atoms with Crippen LogP contribution in [0.15, 0.2) is 39.0 Å². The number of aromatic nitrogens is 3. The van der Waals surface area contributed by atoms with Crippen molar-refractivity contribution < 1.29 is 4.92 Å². The van der Waals surface area contributed by atoms with Crippen molar-refractivity contribution in [1.82, 2.24) is 14.1 Å². The van der Waals surface area contributed by atoms with E-state index < -0.39 is 16.3 Å². The lowest BCUT2D eigenvalue weighted by molar-refractivity contribution is -0.384. The molecule has 124 valence electrons. The number of thioether (sulfide) groups is 1. The average molecular weight is 346 g/mol. The Morgan fingerprint density at radius 3 is 2.50 bits per heavy atom. The number of non-ortho nitro benzene ring substituents is 1. The van der Waals surface area contributed by atoms with Crippen LogP contribution in [0.2, 0.25) is 0 Å². The smallest absolute Gasteiger partial charge is 0.268 e. The SMILES string of the molecule is C#CCn1c(=O)nc(SCC)n(Cc2ccc([N+](=O)[O-])cc2)c1=O. The second-order valence-electron chi connectivity index (χ2n) is 4.69. The molecule has 0 spiro atoms. The van der Waals surface area contributed by atoms with Crippen LogP contribution in [-0.2, 0) is 13.1 Å². The van der Waals surface area contributed by atoms with Gasteiger partial charge in [-0.15, -0.1) is 6.42 Å². The third-order valence-electron chi connectivity index (χ3n) is 3.13. The Morgan fingerprint density at radius 2 is 1.96 bits per heavy atom. The number of rotatable bonds is 6. The highest BCUT2D eigenvalue weighted by Crippen LogP contribution is 2.15. The van der Waals surface area contributed by atoms with Gasteiger partial charge >= 0.3 is 11.4 Å². The fourth-order valence-corrected chi connectivity index (χ4v) is 2.72. The quantitative estimate of drug-likeness (QED) is 0.336. The number of hydrogen-bond acceptors (Lipinski definition) is 6. The highest BCUT2D eigenvalue weighted by Gasteiger charge is 2.13. The van der Waals surface area contributed by atoms with Crippen LogP contribution in [0.1, 0.15) is 12.5 Å². The van der Waals surface area contributed by atoms with Crippen LogP contribution in [0.3, 0.4) is 0 Å². The highest BCUT2D eigenvalue weighted by molar-refractivity contribution is 7.99. The maximum Gasteiger partial charge on any atom is 0.354 e. The van der Waals surface area contributed by atoms with Crippen LogP contribution in [0.25, 0.3) is 0 Å². The molecular weight excluding hydrogens is 332 g/mol. The third-order valence-corrected chi connectivity index (χ3v) is 3.98. The van der Waals surface area contributed by atoms with Crippen LogP contribution in [-0.4, -0.2) is 24.8 Å². The first kappa shape index (κ1) is 17.5. The molecule has 0 aliphatic heterocycles. The second kappa shape index (κ2) is 7.61. The monoisotopic (exact) mass is 346 g/mol. The van der Waals surface area contributed by atoms with Gasteiger partial charge in [-0.25, -0.2) is 14.2 Å². The van der Waals surface area contributed by atoms with Gasteiger partial charge in [0.05, 0.1) is 18.0 Å². The number of nitro benzene ring substituents is 1. The van der Waals surface area contributed by atoms with Gasteiger partial charge in [-0.05, 0) is 11.3 Å². The molecule has 2 aromatic rings. The van der Waals surface area contributed by atoms with Gasteiger partial charge < -0.3 is 0 Å². The summed E-state index contributed by atoms with van der Waals surface area (Å²) in [6.45, 7) is 1.85. The summed E-state index contributed by atoms with van der Waals surface area (Å²) < 4.78 is 2.22. The Bertz CT molecular complexity index is 909. The van der Waals surface area contributed by atoms with Crippen LogP contribution >= 0.6 is 11.8 Å². The first-order chi connectivity index (χ1) is 11.5. The standard InChI is InChI=1S/C15H14N4O4S/c1-3-9-17-13(20)16-14(24-4-2)18(15(17)21)10-11-5-7-12(8-6-11)19(22)23/h1,5-8H,4,9-10H2,2H3. The molecule has 0 unspecified atom stereocenters. The summed E-state index contributed by atoms with van der Waals surface area (Å²) in [7, 11) is 0. The van der Waals surface area contributed by atoms with E-state index in [9.17, 15) is 19.7 Å². The molecular formula is C15H14N4O4S. The van der Waals surface area contributed by atoms with Crippen molar-refractivity contribution in [2.75, 3.05) is 5.75 Å². The molecule has 0 atom stereocenters. The first-order valence-corrected chi connectivity index (χ1v) is 7.97. The summed E-state index contributed by atoms with van der Waals surface area (Å²) >= 11 is 1.26. The second-order valence-corrected chi connectivity index (χ2v) is 5.92. The van der Waals surface area contributed by atoms with E-state index >= 15 is 0 Å². The largest absolute Gasteiger partial charge is 0.354 e. The third kappa shape index (κ3) is 3.72. The Balaban J connectivity index is 2.49. The van der Waals surface area contributed by atoms with Crippen molar-refractivity contribution in [1.29, 1.82) is 0 Å². The fraction of sp³-hybridized carbons (Fsp3) is 0.267. The first-order valence-electron chi connectivity index (χ1n) is 6.99. The molecule has 1 aromatic carbocycles. The van der Waals surface area contributed by atoms with Crippen LogP contribution in [0, 0.1) is 22.5 Å². The molecule has 0 saturated carbocycles. The van der Waals surface area contributed by atoms with E-state index in [0.717, 1.165) is 4.57 Å². The lowest BCUT2D eigenvalue weighted by Crippen LogP contribution is -2.42. The Hall–Kier alpha value is -2.86. The molecule has 1 aromatic heterocycles. The molecule has 8 nitrogen and oxygen atoms in total. The fourth-order valence-electron chi connectivity index (χ4n) is 2.02. The Labute approximate surface area is 141 Å². The van der Waals surface area contributed by atoms with Gasteiger partial charge in [-0.3, -0.25) is 14.7 Å². The maximum absolute atomic E-state index is 12.5. The van der Waals surface area contributed by atoms with E-state index in [-0.39, 0.29) is 18.8 Å². The normalized spacial score (nSPS) is 10.3. The molecule has 0 N–H and O–H groups in total. The summed E-state index contributed by atoms with van der Waals surface area (Å²) in [5, 5.41) is 11.0. The van der Waals surface area contributed by atoms with Gasteiger partial charge in [0.2, 0.25) is 0 Å². The minimum Gasteiger partial charge on any atom is -0.268 e. The van der Waals surface area contributed by atoms with Gasteiger partial charge in [0, 0.05) is 12.1 Å². The van der Waals surface area contributed by atoms with Crippen molar-refractivity contribution >= 4 is 17.4 Å². The van der Waals surface area contributed by atoms with E-state index in [0.29, 0.717) is 16.5 Å². The van der Waals surface area contributed by atoms with Gasteiger partial charge in [0.15, 0.2) is 5.16 Å². The molecule has 0 fully saturated rings. The lowest BCUT2D eigenvalue weighted by Gasteiger charge is -2.12. The van der Waals surface area contributed by atoms with Gasteiger partial charge in [-0.1, -0.05) is 36.7 Å². The van der Waals surface area contributed by atoms with E-state index in [1.165, 1.54) is 28.5 Å². The van der Waals surface area contributed by atoms with E-state index in [1.54, 1.807) is 12.1 Å². The molecule has 2 rings (SSSR count). The van der Waals surface area contributed by atoms with Crippen molar-refractivity contribution in [3.05, 3.63) is 60.9 Å².